The maximum absolute atomic E-state index is 12.4. The minimum absolute atomic E-state index is 0.0995. The number of carbonyl (C=O) groups excluding carboxylic acids is 1. The summed E-state index contributed by atoms with van der Waals surface area (Å²) in [4.78, 5) is 11.3. The van der Waals surface area contributed by atoms with Gasteiger partial charge in [-0.1, -0.05) is 0 Å². The molecule has 1 aromatic carbocycles. The van der Waals surface area contributed by atoms with Crippen molar-refractivity contribution in [3.8, 4) is 6.07 Å². The molecule has 1 aliphatic rings. The first-order valence-electron chi connectivity index (χ1n) is 5.98. The molecule has 1 saturated heterocycles. The molecule has 0 unspecified atom stereocenters. The summed E-state index contributed by atoms with van der Waals surface area (Å²) in [5, 5.41) is 8.84. The molecule has 0 spiro atoms. The normalized spacial score (nSPS) is 17.2. The first-order valence-corrected chi connectivity index (χ1v) is 7.42. The number of sulfonamides is 1. The minimum Gasteiger partial charge on any atom is -0.300 e. The number of nitriles is 1. The van der Waals surface area contributed by atoms with Crippen LogP contribution in [-0.4, -0.2) is 31.6 Å². The molecule has 0 radical (unpaired) electrons. The van der Waals surface area contributed by atoms with Gasteiger partial charge in [0.15, 0.2) is 0 Å². The number of hydrogen-bond acceptors (Lipinski definition) is 4. The van der Waals surface area contributed by atoms with Crippen LogP contribution in [0.4, 0.5) is 0 Å². The third kappa shape index (κ3) is 2.67. The average Bonchev–Trinajstić information content (AvgIpc) is 2.39. The van der Waals surface area contributed by atoms with Crippen LogP contribution in [0.5, 0.6) is 0 Å². The van der Waals surface area contributed by atoms with Gasteiger partial charge in [-0.25, -0.2) is 8.42 Å². The Balaban J connectivity index is 2.32. The molecule has 100 valence electrons. The maximum Gasteiger partial charge on any atom is 0.243 e. The molecule has 0 aliphatic carbocycles. The fourth-order valence-corrected chi connectivity index (χ4v) is 3.57. The number of nitrogens with zero attached hydrogens (tertiary/aromatic N) is 2. The second-order valence-corrected chi connectivity index (χ2v) is 6.47. The number of piperidine rings is 1. The third-order valence-electron chi connectivity index (χ3n) is 3.24. The van der Waals surface area contributed by atoms with E-state index in [1.165, 1.54) is 22.5 Å². The van der Waals surface area contributed by atoms with E-state index in [0.717, 1.165) is 0 Å². The van der Waals surface area contributed by atoms with Gasteiger partial charge in [-0.05, 0) is 30.7 Å². The van der Waals surface area contributed by atoms with E-state index < -0.39 is 10.0 Å². The Labute approximate surface area is 112 Å². The third-order valence-corrected chi connectivity index (χ3v) is 5.13. The van der Waals surface area contributed by atoms with Crippen molar-refractivity contribution in [1.29, 1.82) is 5.26 Å². The van der Waals surface area contributed by atoms with Crippen LogP contribution in [0.25, 0.3) is 0 Å². The molecule has 0 N–H and O–H groups in total. The number of hydrogen-bond donors (Lipinski definition) is 0. The summed E-state index contributed by atoms with van der Waals surface area (Å²) in [6.07, 6.45) is 0.545. The second-order valence-electron chi connectivity index (χ2n) is 4.53. The van der Waals surface area contributed by atoms with Crippen molar-refractivity contribution in [1.82, 2.24) is 4.31 Å². The Hall–Kier alpha value is -1.71. The molecule has 19 heavy (non-hydrogen) atoms. The van der Waals surface area contributed by atoms with E-state index in [0.29, 0.717) is 11.1 Å². The molecule has 1 aliphatic heterocycles. The maximum atomic E-state index is 12.4. The van der Waals surface area contributed by atoms with Gasteiger partial charge in [-0.2, -0.15) is 9.57 Å². The zero-order valence-electron chi connectivity index (χ0n) is 10.6. The van der Waals surface area contributed by atoms with Crippen LogP contribution in [0.15, 0.2) is 23.1 Å². The Morgan fingerprint density at radius 2 is 1.89 bits per heavy atom. The van der Waals surface area contributed by atoms with Crippen LogP contribution in [0.3, 0.4) is 0 Å². The standard InChI is InChI=1S/C13H14N2O3S/c1-10-8-13(3-2-11(10)9-14)19(17,18)15-6-4-12(16)5-7-15/h2-3,8H,4-7H2,1H3. The first-order chi connectivity index (χ1) is 8.95. The summed E-state index contributed by atoms with van der Waals surface area (Å²) < 4.78 is 26.1. The van der Waals surface area contributed by atoms with Crippen molar-refractivity contribution in [3.63, 3.8) is 0 Å². The molecule has 2 rings (SSSR count). The summed E-state index contributed by atoms with van der Waals surface area (Å²) in [5.74, 6) is 0.0995. The van der Waals surface area contributed by atoms with Crippen LogP contribution in [0.2, 0.25) is 0 Å². The van der Waals surface area contributed by atoms with E-state index in [1.807, 2.05) is 6.07 Å². The number of rotatable bonds is 2. The molecule has 0 amide bonds. The topological polar surface area (TPSA) is 78.2 Å². The van der Waals surface area contributed by atoms with Gasteiger partial charge in [0.2, 0.25) is 10.0 Å². The van der Waals surface area contributed by atoms with Crippen molar-refractivity contribution < 1.29 is 13.2 Å². The highest BCUT2D eigenvalue weighted by molar-refractivity contribution is 7.89. The van der Waals surface area contributed by atoms with Crippen LogP contribution in [0, 0.1) is 18.3 Å². The lowest BCUT2D eigenvalue weighted by molar-refractivity contribution is -0.120. The quantitative estimate of drug-likeness (QED) is 0.815. The highest BCUT2D eigenvalue weighted by Crippen LogP contribution is 2.21. The van der Waals surface area contributed by atoms with E-state index in [1.54, 1.807) is 6.92 Å². The first kappa shape index (κ1) is 13.7. The lowest BCUT2D eigenvalue weighted by atomic mass is 10.1. The predicted octanol–water partition coefficient (Wildman–Crippen LogP) is 1.22. The minimum atomic E-state index is -3.56. The number of carbonyl (C=O) groups is 1. The van der Waals surface area contributed by atoms with Crippen molar-refractivity contribution in [3.05, 3.63) is 29.3 Å². The van der Waals surface area contributed by atoms with Crippen LogP contribution >= 0.6 is 0 Å². The molecule has 0 saturated carbocycles. The summed E-state index contributed by atoms with van der Waals surface area (Å²) in [6, 6.07) is 6.46. The Bertz CT molecular complexity index is 649. The van der Waals surface area contributed by atoms with E-state index in [2.05, 4.69) is 0 Å². The largest absolute Gasteiger partial charge is 0.300 e. The average molecular weight is 278 g/mol. The van der Waals surface area contributed by atoms with Gasteiger partial charge >= 0.3 is 0 Å². The van der Waals surface area contributed by atoms with Gasteiger partial charge in [0.25, 0.3) is 0 Å². The van der Waals surface area contributed by atoms with Crippen LogP contribution in [-0.2, 0) is 14.8 Å². The van der Waals surface area contributed by atoms with Crippen molar-refractivity contribution >= 4 is 15.8 Å². The predicted molar refractivity (Wildman–Crippen MR) is 68.9 cm³/mol. The molecule has 0 atom stereocenters. The van der Waals surface area contributed by atoms with Gasteiger partial charge in [-0.15, -0.1) is 0 Å². The zero-order valence-corrected chi connectivity index (χ0v) is 11.4. The van der Waals surface area contributed by atoms with E-state index >= 15 is 0 Å². The highest BCUT2D eigenvalue weighted by Gasteiger charge is 2.28. The number of ketones is 1. The second kappa shape index (κ2) is 5.11. The summed E-state index contributed by atoms with van der Waals surface area (Å²) >= 11 is 0. The molecular formula is C13H14N2O3S. The van der Waals surface area contributed by atoms with E-state index in [4.69, 9.17) is 5.26 Å². The SMILES string of the molecule is Cc1cc(S(=O)(=O)N2CCC(=O)CC2)ccc1C#N. The summed E-state index contributed by atoms with van der Waals surface area (Å²) in [7, 11) is -3.56. The van der Waals surface area contributed by atoms with Gasteiger partial charge in [-0.3, -0.25) is 4.79 Å². The van der Waals surface area contributed by atoms with Crippen molar-refractivity contribution in [2.75, 3.05) is 13.1 Å². The molecule has 5 nitrogen and oxygen atoms in total. The van der Waals surface area contributed by atoms with E-state index in [-0.39, 0.29) is 36.6 Å². The zero-order chi connectivity index (χ0) is 14.0. The number of benzene rings is 1. The Morgan fingerprint density at radius 3 is 2.42 bits per heavy atom. The van der Waals surface area contributed by atoms with Crippen LogP contribution in [0.1, 0.15) is 24.0 Å². The molecule has 6 heteroatoms. The molecule has 0 aromatic heterocycles. The van der Waals surface area contributed by atoms with Gasteiger partial charge in [0, 0.05) is 25.9 Å². The smallest absolute Gasteiger partial charge is 0.243 e. The van der Waals surface area contributed by atoms with Crippen LogP contribution < -0.4 is 0 Å². The summed E-state index contributed by atoms with van der Waals surface area (Å²) in [5.41, 5.74) is 1.10. The number of aryl methyl sites for hydroxylation is 1. The molecule has 1 heterocycles. The van der Waals surface area contributed by atoms with Crippen molar-refractivity contribution in [2.45, 2.75) is 24.7 Å². The Morgan fingerprint density at radius 1 is 1.26 bits per heavy atom. The Kier molecular flexibility index (Phi) is 3.69. The fourth-order valence-electron chi connectivity index (χ4n) is 2.05. The van der Waals surface area contributed by atoms with Gasteiger partial charge in [0.05, 0.1) is 16.5 Å². The molecule has 0 bridgehead atoms. The van der Waals surface area contributed by atoms with Crippen molar-refractivity contribution in [2.24, 2.45) is 0 Å². The molecule has 1 fully saturated rings. The number of Topliss-reactive ketones (excluding diaryl/α,β-unsaturated/α-hetero) is 1. The summed E-state index contributed by atoms with van der Waals surface area (Å²) in [6.45, 7) is 2.18. The molecule has 1 aromatic rings. The lowest BCUT2D eigenvalue weighted by Crippen LogP contribution is -2.38. The van der Waals surface area contributed by atoms with E-state index in [9.17, 15) is 13.2 Å². The fraction of sp³-hybridized carbons (Fsp3) is 0.385. The monoisotopic (exact) mass is 278 g/mol. The molecular weight excluding hydrogens is 264 g/mol. The highest BCUT2D eigenvalue weighted by atomic mass is 32.2. The van der Waals surface area contributed by atoms with Gasteiger partial charge in [0.1, 0.15) is 5.78 Å². The lowest BCUT2D eigenvalue weighted by Gasteiger charge is -2.25. The van der Waals surface area contributed by atoms with Gasteiger partial charge < -0.3 is 0 Å².